The van der Waals surface area contributed by atoms with Crippen molar-refractivity contribution in [1.29, 1.82) is 0 Å². The van der Waals surface area contributed by atoms with Crippen molar-refractivity contribution in [1.82, 2.24) is 25.4 Å². The SMILES string of the molecule is CC(C)NC(=O)Nc1cccc(C(=O)NCc2nncn2C(C)C)c1. The Balaban J connectivity index is 1.99. The minimum Gasteiger partial charge on any atom is -0.345 e. The summed E-state index contributed by atoms with van der Waals surface area (Å²) >= 11 is 0. The number of urea groups is 1. The van der Waals surface area contributed by atoms with Gasteiger partial charge in [-0.15, -0.1) is 10.2 Å². The lowest BCUT2D eigenvalue weighted by Gasteiger charge is -2.12. The van der Waals surface area contributed by atoms with Crippen LogP contribution in [0.4, 0.5) is 10.5 Å². The average Bonchev–Trinajstić information content (AvgIpc) is 3.00. The van der Waals surface area contributed by atoms with Crippen molar-refractivity contribution >= 4 is 17.6 Å². The molecule has 0 atom stereocenters. The second-order valence-corrected chi connectivity index (χ2v) is 6.26. The number of nitrogens with zero attached hydrogens (tertiary/aromatic N) is 3. The van der Waals surface area contributed by atoms with Gasteiger partial charge < -0.3 is 20.5 Å². The molecule has 0 unspecified atom stereocenters. The monoisotopic (exact) mass is 344 g/mol. The summed E-state index contributed by atoms with van der Waals surface area (Å²) in [7, 11) is 0. The van der Waals surface area contributed by atoms with Gasteiger partial charge in [-0.05, 0) is 45.9 Å². The maximum Gasteiger partial charge on any atom is 0.319 e. The maximum atomic E-state index is 12.3. The number of nitrogens with one attached hydrogen (secondary N) is 3. The molecule has 0 saturated heterocycles. The van der Waals surface area contributed by atoms with E-state index in [4.69, 9.17) is 0 Å². The molecule has 3 N–H and O–H groups in total. The van der Waals surface area contributed by atoms with Crippen molar-refractivity contribution in [3.8, 4) is 0 Å². The lowest BCUT2D eigenvalue weighted by molar-refractivity contribution is 0.0949. The Bertz CT molecular complexity index is 738. The minimum atomic E-state index is -0.308. The van der Waals surface area contributed by atoms with Crippen LogP contribution in [0.15, 0.2) is 30.6 Å². The van der Waals surface area contributed by atoms with Crippen molar-refractivity contribution in [3.05, 3.63) is 42.0 Å². The molecule has 8 heteroatoms. The van der Waals surface area contributed by atoms with E-state index in [2.05, 4.69) is 26.1 Å². The van der Waals surface area contributed by atoms with Crippen LogP contribution in [-0.2, 0) is 6.54 Å². The smallest absolute Gasteiger partial charge is 0.319 e. The number of benzene rings is 1. The third-order valence-electron chi connectivity index (χ3n) is 3.41. The molecule has 2 aromatic rings. The molecule has 0 bridgehead atoms. The van der Waals surface area contributed by atoms with E-state index in [0.717, 1.165) is 0 Å². The van der Waals surface area contributed by atoms with Gasteiger partial charge in [-0.25, -0.2) is 4.79 Å². The van der Waals surface area contributed by atoms with Crippen LogP contribution >= 0.6 is 0 Å². The summed E-state index contributed by atoms with van der Waals surface area (Å²) in [5.41, 5.74) is 1.01. The summed E-state index contributed by atoms with van der Waals surface area (Å²) in [5.74, 6) is 0.445. The van der Waals surface area contributed by atoms with E-state index >= 15 is 0 Å². The minimum absolute atomic E-state index is 0.0322. The highest BCUT2D eigenvalue weighted by molar-refractivity contribution is 5.96. The predicted molar refractivity (Wildman–Crippen MR) is 95.3 cm³/mol. The molecule has 0 aliphatic carbocycles. The molecule has 0 fully saturated rings. The van der Waals surface area contributed by atoms with Gasteiger partial charge in [0.1, 0.15) is 6.33 Å². The molecule has 1 aromatic heterocycles. The Morgan fingerprint density at radius 2 is 1.96 bits per heavy atom. The van der Waals surface area contributed by atoms with Crippen molar-refractivity contribution in [2.24, 2.45) is 0 Å². The first kappa shape index (κ1) is 18.4. The Morgan fingerprint density at radius 1 is 1.20 bits per heavy atom. The first-order chi connectivity index (χ1) is 11.9. The van der Waals surface area contributed by atoms with Gasteiger partial charge in [-0.1, -0.05) is 6.07 Å². The van der Waals surface area contributed by atoms with Crippen LogP contribution in [0.3, 0.4) is 0 Å². The summed E-state index contributed by atoms with van der Waals surface area (Å²) in [6.07, 6.45) is 1.64. The average molecular weight is 344 g/mol. The van der Waals surface area contributed by atoms with Crippen molar-refractivity contribution < 1.29 is 9.59 Å². The van der Waals surface area contributed by atoms with Crippen LogP contribution in [-0.4, -0.2) is 32.7 Å². The molecule has 1 heterocycles. The second-order valence-electron chi connectivity index (χ2n) is 6.26. The fourth-order valence-electron chi connectivity index (χ4n) is 2.25. The quantitative estimate of drug-likeness (QED) is 0.748. The fourth-order valence-corrected chi connectivity index (χ4v) is 2.25. The molecule has 0 saturated carbocycles. The maximum absolute atomic E-state index is 12.3. The zero-order chi connectivity index (χ0) is 18.4. The molecular weight excluding hydrogens is 320 g/mol. The van der Waals surface area contributed by atoms with Gasteiger partial charge in [0.2, 0.25) is 0 Å². The van der Waals surface area contributed by atoms with E-state index in [1.165, 1.54) is 0 Å². The van der Waals surface area contributed by atoms with Gasteiger partial charge in [0.15, 0.2) is 5.82 Å². The zero-order valence-corrected chi connectivity index (χ0v) is 14.9. The second kappa shape index (κ2) is 8.27. The number of hydrogen-bond donors (Lipinski definition) is 3. The van der Waals surface area contributed by atoms with Crippen molar-refractivity contribution in [3.63, 3.8) is 0 Å². The standard InChI is InChI=1S/C17H24N6O2/c1-11(2)20-17(25)21-14-7-5-6-13(8-14)16(24)18-9-15-22-19-10-23(15)12(3)4/h5-8,10-12H,9H2,1-4H3,(H,18,24)(H2,20,21,25). The molecule has 134 valence electrons. The molecule has 0 aliphatic rings. The van der Waals surface area contributed by atoms with Gasteiger partial charge in [0.25, 0.3) is 5.91 Å². The number of aromatic nitrogens is 3. The number of anilines is 1. The fraction of sp³-hybridized carbons (Fsp3) is 0.412. The zero-order valence-electron chi connectivity index (χ0n) is 14.9. The normalized spacial score (nSPS) is 10.8. The summed E-state index contributed by atoms with van der Waals surface area (Å²) in [5, 5.41) is 16.1. The highest BCUT2D eigenvalue weighted by Gasteiger charge is 2.11. The molecule has 0 spiro atoms. The summed E-state index contributed by atoms with van der Waals surface area (Å²) < 4.78 is 1.90. The molecule has 8 nitrogen and oxygen atoms in total. The molecule has 0 aliphatic heterocycles. The van der Waals surface area contributed by atoms with E-state index in [-0.39, 0.29) is 30.6 Å². The van der Waals surface area contributed by atoms with Gasteiger partial charge in [0, 0.05) is 23.3 Å². The number of carbonyl (C=O) groups excluding carboxylic acids is 2. The van der Waals surface area contributed by atoms with E-state index in [1.54, 1.807) is 30.6 Å². The van der Waals surface area contributed by atoms with Crippen LogP contribution in [0.25, 0.3) is 0 Å². The Labute approximate surface area is 147 Å². The van der Waals surface area contributed by atoms with E-state index < -0.39 is 0 Å². The summed E-state index contributed by atoms with van der Waals surface area (Å²) in [6.45, 7) is 8.07. The van der Waals surface area contributed by atoms with Crippen LogP contribution < -0.4 is 16.0 Å². The Hall–Kier alpha value is -2.90. The number of rotatable bonds is 6. The van der Waals surface area contributed by atoms with Gasteiger partial charge in [-0.3, -0.25) is 4.79 Å². The van der Waals surface area contributed by atoms with Crippen molar-refractivity contribution in [2.45, 2.75) is 46.3 Å². The summed E-state index contributed by atoms with van der Waals surface area (Å²) in [4.78, 5) is 24.1. The van der Waals surface area contributed by atoms with E-state index in [1.807, 2.05) is 32.3 Å². The van der Waals surface area contributed by atoms with Gasteiger partial charge in [-0.2, -0.15) is 0 Å². The first-order valence-corrected chi connectivity index (χ1v) is 8.21. The van der Waals surface area contributed by atoms with E-state index in [0.29, 0.717) is 17.1 Å². The molecule has 2 rings (SSSR count). The Morgan fingerprint density at radius 3 is 2.64 bits per heavy atom. The number of amides is 3. The highest BCUT2D eigenvalue weighted by atomic mass is 16.2. The molecule has 0 radical (unpaired) electrons. The van der Waals surface area contributed by atoms with Crippen LogP contribution in [0.2, 0.25) is 0 Å². The molecule has 3 amide bonds. The van der Waals surface area contributed by atoms with Gasteiger partial charge >= 0.3 is 6.03 Å². The Kier molecular flexibility index (Phi) is 6.10. The molecular formula is C17H24N6O2. The molecule has 1 aromatic carbocycles. The largest absolute Gasteiger partial charge is 0.345 e. The third kappa shape index (κ3) is 5.30. The predicted octanol–water partition coefficient (Wildman–Crippen LogP) is 2.32. The summed E-state index contributed by atoms with van der Waals surface area (Å²) in [6, 6.07) is 6.70. The van der Waals surface area contributed by atoms with E-state index in [9.17, 15) is 9.59 Å². The van der Waals surface area contributed by atoms with Crippen molar-refractivity contribution in [2.75, 3.05) is 5.32 Å². The number of carbonyl (C=O) groups is 2. The highest BCUT2D eigenvalue weighted by Crippen LogP contribution is 2.11. The third-order valence-corrected chi connectivity index (χ3v) is 3.41. The van der Waals surface area contributed by atoms with Crippen LogP contribution in [0, 0.1) is 0 Å². The lowest BCUT2D eigenvalue weighted by Crippen LogP contribution is -2.34. The molecule has 25 heavy (non-hydrogen) atoms. The van der Waals surface area contributed by atoms with Crippen LogP contribution in [0.1, 0.15) is 49.9 Å². The first-order valence-electron chi connectivity index (χ1n) is 8.21. The number of hydrogen-bond acceptors (Lipinski definition) is 4. The lowest BCUT2D eigenvalue weighted by atomic mass is 10.2. The van der Waals surface area contributed by atoms with Crippen LogP contribution in [0.5, 0.6) is 0 Å². The topological polar surface area (TPSA) is 101 Å². The van der Waals surface area contributed by atoms with Gasteiger partial charge in [0.05, 0.1) is 6.54 Å².